The molecule has 3 aromatic rings. The molecule has 0 spiro atoms. The molecule has 0 saturated heterocycles. The number of rotatable bonds is 7. The standard InChI is InChI=1S/C21H21F2N3O4S/c1-4-31(28,29)25-16-6-8-19(30-20-7-5-15(22)11-18(20)23)17(12-16)14-9-13(2)26(27)21(10-14)24-3/h5-12,24-25H,4H2,1-3H3. The van der Waals surface area contributed by atoms with Gasteiger partial charge in [0.2, 0.25) is 10.0 Å². The van der Waals surface area contributed by atoms with Crippen molar-refractivity contribution in [1.29, 1.82) is 0 Å². The van der Waals surface area contributed by atoms with Gasteiger partial charge in [0.05, 0.1) is 12.8 Å². The van der Waals surface area contributed by atoms with Gasteiger partial charge in [-0.05, 0) is 55.8 Å². The van der Waals surface area contributed by atoms with Gasteiger partial charge >= 0.3 is 0 Å². The number of hydrogen-bond acceptors (Lipinski definition) is 5. The Kier molecular flexibility index (Phi) is 6.30. The Hall–Kier alpha value is -3.40. The van der Waals surface area contributed by atoms with Crippen LogP contribution in [0.4, 0.5) is 20.3 Å². The van der Waals surface area contributed by atoms with E-state index in [1.165, 1.54) is 25.1 Å². The number of aryl methyl sites for hydroxylation is 1. The minimum Gasteiger partial charge on any atom is -0.710 e. The minimum atomic E-state index is -3.54. The lowest BCUT2D eigenvalue weighted by molar-refractivity contribution is -0.597. The molecule has 3 rings (SSSR count). The summed E-state index contributed by atoms with van der Waals surface area (Å²) in [6.45, 7) is 3.12. The fraction of sp³-hybridized carbons (Fsp3) is 0.190. The molecule has 1 aromatic heterocycles. The van der Waals surface area contributed by atoms with Crippen LogP contribution in [0.15, 0.2) is 48.5 Å². The van der Waals surface area contributed by atoms with Gasteiger partial charge in [0.15, 0.2) is 11.6 Å². The van der Waals surface area contributed by atoms with Gasteiger partial charge in [-0.25, -0.2) is 21.9 Å². The molecular formula is C21H21F2N3O4S. The van der Waals surface area contributed by atoms with Crippen LogP contribution in [-0.2, 0) is 10.0 Å². The Morgan fingerprint density at radius 3 is 2.42 bits per heavy atom. The molecular weight excluding hydrogens is 428 g/mol. The van der Waals surface area contributed by atoms with Gasteiger partial charge in [-0.1, -0.05) is 0 Å². The first-order chi connectivity index (χ1) is 14.6. The van der Waals surface area contributed by atoms with Crippen LogP contribution in [0.5, 0.6) is 11.5 Å². The number of benzene rings is 2. The van der Waals surface area contributed by atoms with E-state index < -0.39 is 21.7 Å². The van der Waals surface area contributed by atoms with Gasteiger partial charge in [0.1, 0.15) is 17.3 Å². The maximum atomic E-state index is 14.1. The van der Waals surface area contributed by atoms with E-state index >= 15 is 0 Å². The fourth-order valence-electron chi connectivity index (χ4n) is 2.89. The van der Waals surface area contributed by atoms with Crippen LogP contribution in [0.25, 0.3) is 11.1 Å². The molecule has 0 fully saturated rings. The largest absolute Gasteiger partial charge is 0.710 e. The first kappa shape index (κ1) is 22.3. The molecule has 0 aliphatic rings. The smallest absolute Gasteiger partial charge is 0.278 e. The summed E-state index contributed by atoms with van der Waals surface area (Å²) in [7, 11) is -1.95. The summed E-state index contributed by atoms with van der Waals surface area (Å²) < 4.78 is 60.2. The average molecular weight is 449 g/mol. The third-order valence-corrected chi connectivity index (χ3v) is 5.82. The SMILES string of the molecule is CCS(=O)(=O)Nc1ccc(Oc2ccc(F)cc2F)c(-c2cc(C)[n+]([O-])c(NC)c2)c1. The van der Waals surface area contributed by atoms with Crippen molar-refractivity contribution in [1.82, 2.24) is 0 Å². The molecule has 10 heteroatoms. The van der Waals surface area contributed by atoms with Crippen molar-refractivity contribution in [3.8, 4) is 22.6 Å². The Morgan fingerprint density at radius 1 is 1.06 bits per heavy atom. The second-order valence-electron chi connectivity index (χ2n) is 6.71. The summed E-state index contributed by atoms with van der Waals surface area (Å²) in [5.74, 6) is -1.51. The highest BCUT2D eigenvalue weighted by atomic mass is 32.2. The van der Waals surface area contributed by atoms with E-state index in [0.29, 0.717) is 27.6 Å². The second kappa shape index (κ2) is 8.76. The highest BCUT2D eigenvalue weighted by Gasteiger charge is 2.17. The molecule has 0 radical (unpaired) electrons. The Morgan fingerprint density at radius 2 is 1.77 bits per heavy atom. The van der Waals surface area contributed by atoms with Crippen LogP contribution >= 0.6 is 0 Å². The number of hydrogen-bond donors (Lipinski definition) is 2. The van der Waals surface area contributed by atoms with Crippen molar-refractivity contribution in [3.05, 3.63) is 71.1 Å². The summed E-state index contributed by atoms with van der Waals surface area (Å²) >= 11 is 0. The van der Waals surface area contributed by atoms with Crippen molar-refractivity contribution in [3.63, 3.8) is 0 Å². The van der Waals surface area contributed by atoms with Crippen LogP contribution in [-0.4, -0.2) is 21.2 Å². The number of halogens is 2. The zero-order chi connectivity index (χ0) is 22.8. The van der Waals surface area contributed by atoms with Crippen LogP contribution < -0.4 is 19.5 Å². The Bertz CT molecular complexity index is 1230. The molecule has 0 amide bonds. The molecule has 164 valence electrons. The maximum absolute atomic E-state index is 14.1. The average Bonchev–Trinajstić information content (AvgIpc) is 2.72. The number of ether oxygens (including phenoxy) is 1. The van der Waals surface area contributed by atoms with Crippen molar-refractivity contribution in [2.45, 2.75) is 13.8 Å². The lowest BCUT2D eigenvalue weighted by atomic mass is 10.0. The molecule has 0 saturated carbocycles. The lowest BCUT2D eigenvalue weighted by Gasteiger charge is -2.17. The zero-order valence-electron chi connectivity index (χ0n) is 17.1. The quantitative estimate of drug-likeness (QED) is 0.417. The summed E-state index contributed by atoms with van der Waals surface area (Å²) in [6.07, 6.45) is 0. The van der Waals surface area contributed by atoms with E-state index in [4.69, 9.17) is 4.74 Å². The van der Waals surface area contributed by atoms with Gasteiger partial charge in [0.25, 0.3) is 5.82 Å². The summed E-state index contributed by atoms with van der Waals surface area (Å²) in [6, 6.07) is 10.5. The number of pyridine rings is 1. The summed E-state index contributed by atoms with van der Waals surface area (Å²) in [4.78, 5) is 0. The van der Waals surface area contributed by atoms with Gasteiger partial charge < -0.3 is 9.94 Å². The van der Waals surface area contributed by atoms with E-state index in [1.807, 2.05) is 0 Å². The molecule has 2 N–H and O–H groups in total. The fourth-order valence-corrected chi connectivity index (χ4v) is 3.52. The first-order valence-electron chi connectivity index (χ1n) is 9.33. The Labute approximate surface area is 178 Å². The molecule has 0 aliphatic heterocycles. The van der Waals surface area contributed by atoms with E-state index in [2.05, 4.69) is 10.0 Å². The topological polar surface area (TPSA) is 94.4 Å². The van der Waals surface area contributed by atoms with Crippen LogP contribution in [0.3, 0.4) is 0 Å². The summed E-state index contributed by atoms with van der Waals surface area (Å²) in [5, 5.41) is 15.0. The van der Waals surface area contributed by atoms with E-state index in [-0.39, 0.29) is 28.8 Å². The Balaban J connectivity index is 2.16. The third-order valence-electron chi connectivity index (χ3n) is 4.51. The van der Waals surface area contributed by atoms with Crippen LogP contribution in [0.1, 0.15) is 12.6 Å². The van der Waals surface area contributed by atoms with Crippen LogP contribution in [0, 0.1) is 23.8 Å². The van der Waals surface area contributed by atoms with Gasteiger partial charge in [-0.2, -0.15) is 0 Å². The maximum Gasteiger partial charge on any atom is 0.278 e. The highest BCUT2D eigenvalue weighted by Crippen LogP contribution is 2.37. The molecule has 31 heavy (non-hydrogen) atoms. The molecule has 7 nitrogen and oxygen atoms in total. The van der Waals surface area contributed by atoms with E-state index in [9.17, 15) is 22.4 Å². The number of nitrogens with zero attached hydrogens (tertiary/aromatic N) is 1. The molecule has 1 heterocycles. The summed E-state index contributed by atoms with van der Waals surface area (Å²) in [5.41, 5.74) is 1.58. The molecule has 0 unspecified atom stereocenters. The number of sulfonamides is 1. The van der Waals surface area contributed by atoms with E-state index in [1.54, 1.807) is 26.1 Å². The van der Waals surface area contributed by atoms with Crippen molar-refractivity contribution in [2.75, 3.05) is 22.8 Å². The highest BCUT2D eigenvalue weighted by molar-refractivity contribution is 7.92. The van der Waals surface area contributed by atoms with Crippen molar-refractivity contribution >= 4 is 21.5 Å². The predicted octanol–water partition coefficient (Wildman–Crippen LogP) is 4.17. The molecule has 0 bridgehead atoms. The monoisotopic (exact) mass is 449 g/mol. The van der Waals surface area contributed by atoms with Gasteiger partial charge in [-0.15, -0.1) is 0 Å². The number of anilines is 2. The number of aromatic nitrogens is 1. The van der Waals surface area contributed by atoms with Crippen molar-refractivity contribution < 1.29 is 26.7 Å². The van der Waals surface area contributed by atoms with E-state index in [0.717, 1.165) is 12.1 Å². The molecule has 0 atom stereocenters. The predicted molar refractivity (Wildman–Crippen MR) is 115 cm³/mol. The second-order valence-corrected chi connectivity index (χ2v) is 8.72. The normalized spacial score (nSPS) is 11.3. The van der Waals surface area contributed by atoms with Gasteiger partial charge in [-0.3, -0.25) is 10.0 Å². The minimum absolute atomic E-state index is 0.119. The third kappa shape index (κ3) is 5.02. The van der Waals surface area contributed by atoms with Crippen molar-refractivity contribution in [2.24, 2.45) is 0 Å². The zero-order valence-corrected chi connectivity index (χ0v) is 17.9. The first-order valence-corrected chi connectivity index (χ1v) is 11.0. The number of nitrogens with one attached hydrogen (secondary N) is 2. The lowest BCUT2D eigenvalue weighted by Crippen LogP contribution is -2.33. The molecule has 0 aliphatic carbocycles. The molecule has 2 aromatic carbocycles. The van der Waals surface area contributed by atoms with Crippen LogP contribution in [0.2, 0.25) is 0 Å². The van der Waals surface area contributed by atoms with Gasteiger partial charge in [0, 0.05) is 23.4 Å².